The third kappa shape index (κ3) is 4.21. The van der Waals surface area contributed by atoms with Gasteiger partial charge < -0.3 is 4.98 Å². The quantitative estimate of drug-likeness (QED) is 0.406. The number of Topliss-reactive ketones (excluding diaryl/α,β-unsaturated/α-hetero) is 2. The zero-order chi connectivity index (χ0) is 27.2. The summed E-state index contributed by atoms with van der Waals surface area (Å²) in [6, 6.07) is 22.2. The molecule has 6 nitrogen and oxygen atoms in total. The number of H-pyrrole nitrogens is 1. The van der Waals surface area contributed by atoms with Gasteiger partial charge in [-0.3, -0.25) is 14.9 Å². The van der Waals surface area contributed by atoms with Crippen molar-refractivity contribution in [2.75, 3.05) is 0 Å². The molecule has 7 rings (SSSR count). The van der Waals surface area contributed by atoms with Gasteiger partial charge in [-0.15, -0.1) is 0 Å². The fourth-order valence-corrected chi connectivity index (χ4v) is 5.40. The standard InChI is InChI=1S/C34H24N4O2/c39-31(23-7-3-1-4-8-23)33-17-18-34(38-33,32(40)24-9-5-2-6-10-24)22-30-16-14-28(37-30)20-26-12-11-25(35-26)19-27-13-15-29(21-33)36-27/h1-22,35,38H/b25-19-,26-20-,29-21-,30-22-. The van der Waals surface area contributed by atoms with Crippen LogP contribution in [0.3, 0.4) is 0 Å². The lowest BCUT2D eigenvalue weighted by Gasteiger charge is -2.32. The number of carbonyl (C=O) groups excluding carboxylic acids is 2. The number of aromatic nitrogens is 1. The van der Waals surface area contributed by atoms with Crippen molar-refractivity contribution >= 4 is 35.1 Å². The first-order chi connectivity index (χ1) is 19.5. The summed E-state index contributed by atoms with van der Waals surface area (Å²) in [5.74, 6) is -0.373. The second-order valence-electron chi connectivity index (χ2n) is 10.1. The van der Waals surface area contributed by atoms with Gasteiger partial charge in [-0.1, -0.05) is 72.8 Å². The SMILES string of the molecule is O=C(c1ccccc1)C12C=CC(C(=O)c3ccccc3)(/C=C3/C=CC(=N3)/C=c3/cc/c([nH]3)=C/C3=NC(=C\1)/C=C3)N2. The number of aliphatic imine (C=N–C) groups is 2. The lowest BCUT2D eigenvalue weighted by atomic mass is 9.87. The van der Waals surface area contributed by atoms with Crippen LogP contribution in [-0.2, 0) is 0 Å². The van der Waals surface area contributed by atoms with Gasteiger partial charge in [0.25, 0.3) is 0 Å². The topological polar surface area (TPSA) is 86.7 Å². The number of hydrogen-bond acceptors (Lipinski definition) is 5. The Bertz CT molecular complexity index is 1770. The first-order valence-electron chi connectivity index (χ1n) is 13.1. The van der Waals surface area contributed by atoms with E-state index in [2.05, 4.69) is 10.3 Å². The van der Waals surface area contributed by atoms with E-state index in [0.29, 0.717) is 22.5 Å². The average Bonchev–Trinajstić information content (AvgIpc) is 3.79. The molecule has 4 aliphatic heterocycles. The van der Waals surface area contributed by atoms with Gasteiger partial charge in [0, 0.05) is 21.8 Å². The lowest BCUT2D eigenvalue weighted by Crippen LogP contribution is -2.58. The summed E-state index contributed by atoms with van der Waals surface area (Å²) in [6.45, 7) is 0. The maximum absolute atomic E-state index is 14.2. The van der Waals surface area contributed by atoms with Crippen molar-refractivity contribution in [1.29, 1.82) is 0 Å². The molecular formula is C34H24N4O2. The molecule has 1 aromatic heterocycles. The first-order valence-corrected chi connectivity index (χ1v) is 13.1. The van der Waals surface area contributed by atoms with Gasteiger partial charge in [0.2, 0.25) is 0 Å². The third-order valence-electron chi connectivity index (χ3n) is 7.30. The molecule has 6 heteroatoms. The van der Waals surface area contributed by atoms with Crippen LogP contribution in [0.4, 0.5) is 0 Å². The number of carbonyl (C=O) groups is 2. The predicted molar refractivity (Wildman–Crippen MR) is 158 cm³/mol. The number of allylic oxidation sites excluding steroid dienone is 4. The van der Waals surface area contributed by atoms with Crippen molar-refractivity contribution in [2.24, 2.45) is 9.98 Å². The Hall–Kier alpha value is -5.20. The third-order valence-corrected chi connectivity index (χ3v) is 7.30. The van der Waals surface area contributed by atoms with Crippen LogP contribution in [0.25, 0.3) is 12.2 Å². The van der Waals surface area contributed by atoms with Crippen LogP contribution in [0, 0.1) is 0 Å². The molecule has 0 radical (unpaired) electrons. The van der Waals surface area contributed by atoms with Crippen LogP contribution < -0.4 is 16.0 Å². The van der Waals surface area contributed by atoms with E-state index >= 15 is 0 Å². The number of benzene rings is 2. The molecule has 0 spiro atoms. The van der Waals surface area contributed by atoms with E-state index in [1.165, 1.54) is 0 Å². The number of hydrogen-bond donors (Lipinski definition) is 2. The molecule has 5 heterocycles. The zero-order valence-corrected chi connectivity index (χ0v) is 21.4. The second kappa shape index (κ2) is 9.22. The molecule has 2 aromatic carbocycles. The molecule has 8 bridgehead atoms. The Balaban J connectivity index is 1.46. The Labute approximate surface area is 230 Å². The summed E-state index contributed by atoms with van der Waals surface area (Å²) in [7, 11) is 0. The zero-order valence-electron chi connectivity index (χ0n) is 21.4. The van der Waals surface area contributed by atoms with Crippen LogP contribution in [0.2, 0.25) is 0 Å². The van der Waals surface area contributed by atoms with E-state index in [1.54, 1.807) is 48.6 Å². The van der Waals surface area contributed by atoms with Crippen LogP contribution in [0.1, 0.15) is 20.7 Å². The molecule has 3 aromatic rings. The highest BCUT2D eigenvalue weighted by Crippen LogP contribution is 2.35. The van der Waals surface area contributed by atoms with Crippen LogP contribution in [0.15, 0.2) is 143 Å². The minimum Gasteiger partial charge on any atom is -0.355 e. The summed E-state index contributed by atoms with van der Waals surface area (Å²) in [5.41, 5.74) is 1.12. The molecule has 4 aliphatic rings. The highest BCUT2D eigenvalue weighted by Gasteiger charge is 2.50. The molecule has 0 fully saturated rings. The molecule has 192 valence electrons. The second-order valence-corrected chi connectivity index (χ2v) is 10.1. The van der Waals surface area contributed by atoms with Gasteiger partial charge in [0.15, 0.2) is 11.6 Å². The summed E-state index contributed by atoms with van der Waals surface area (Å²) in [6.07, 6.45) is 18.6. The van der Waals surface area contributed by atoms with Gasteiger partial charge in [-0.25, -0.2) is 9.98 Å². The molecule has 0 amide bonds. The van der Waals surface area contributed by atoms with Crippen molar-refractivity contribution in [3.05, 3.63) is 155 Å². The van der Waals surface area contributed by atoms with E-state index in [0.717, 1.165) is 22.1 Å². The maximum atomic E-state index is 14.2. The van der Waals surface area contributed by atoms with Gasteiger partial charge >= 0.3 is 0 Å². The molecule has 0 saturated carbocycles. The fraction of sp³-hybridized carbons (Fsp3) is 0.0588. The van der Waals surface area contributed by atoms with Crippen LogP contribution in [0.5, 0.6) is 0 Å². The number of rotatable bonds is 4. The van der Waals surface area contributed by atoms with Gasteiger partial charge in [0.1, 0.15) is 11.1 Å². The van der Waals surface area contributed by atoms with E-state index in [1.807, 2.05) is 85.0 Å². The van der Waals surface area contributed by atoms with Crippen molar-refractivity contribution in [2.45, 2.75) is 11.1 Å². The summed E-state index contributed by atoms with van der Waals surface area (Å²) >= 11 is 0. The smallest absolute Gasteiger partial charge is 0.190 e. The summed E-state index contributed by atoms with van der Waals surface area (Å²) < 4.78 is 0. The van der Waals surface area contributed by atoms with Crippen molar-refractivity contribution in [3.8, 4) is 0 Å². The molecule has 2 N–H and O–H groups in total. The summed E-state index contributed by atoms with van der Waals surface area (Å²) in [5, 5.41) is 5.28. The Morgan fingerprint density at radius 1 is 0.575 bits per heavy atom. The highest BCUT2D eigenvalue weighted by atomic mass is 16.1. The number of nitrogens with zero attached hydrogens (tertiary/aromatic N) is 2. The highest BCUT2D eigenvalue weighted by molar-refractivity contribution is 6.20. The van der Waals surface area contributed by atoms with Gasteiger partial charge in [-0.2, -0.15) is 0 Å². The van der Waals surface area contributed by atoms with Crippen molar-refractivity contribution in [3.63, 3.8) is 0 Å². The average molecular weight is 521 g/mol. The van der Waals surface area contributed by atoms with Gasteiger partial charge in [0.05, 0.1) is 22.8 Å². The van der Waals surface area contributed by atoms with Gasteiger partial charge in [-0.05, 0) is 60.7 Å². The number of ketones is 2. The van der Waals surface area contributed by atoms with E-state index in [4.69, 9.17) is 9.98 Å². The van der Waals surface area contributed by atoms with E-state index < -0.39 is 11.1 Å². The minimum atomic E-state index is -1.33. The number of aromatic amines is 1. The molecule has 2 unspecified atom stereocenters. The number of fused-ring (bicyclic) bond motifs is 6. The minimum absolute atomic E-state index is 0.186. The Morgan fingerprint density at radius 2 is 1.02 bits per heavy atom. The van der Waals surface area contributed by atoms with E-state index in [-0.39, 0.29) is 11.6 Å². The summed E-state index contributed by atoms with van der Waals surface area (Å²) in [4.78, 5) is 41.4. The molecule has 2 atom stereocenters. The monoisotopic (exact) mass is 520 g/mol. The molecule has 0 saturated heterocycles. The van der Waals surface area contributed by atoms with Crippen molar-refractivity contribution < 1.29 is 9.59 Å². The fourth-order valence-electron chi connectivity index (χ4n) is 5.40. The van der Waals surface area contributed by atoms with Crippen LogP contribution in [-0.4, -0.2) is 39.1 Å². The molecule has 40 heavy (non-hydrogen) atoms. The van der Waals surface area contributed by atoms with Crippen molar-refractivity contribution in [1.82, 2.24) is 10.3 Å². The first kappa shape index (κ1) is 23.9. The number of nitrogens with one attached hydrogen (secondary N) is 2. The Morgan fingerprint density at radius 3 is 1.48 bits per heavy atom. The normalized spacial score (nSPS) is 28.3. The molecule has 0 aliphatic carbocycles. The maximum Gasteiger partial charge on any atom is 0.190 e. The predicted octanol–water partition coefficient (Wildman–Crippen LogP) is 3.78. The van der Waals surface area contributed by atoms with Crippen LogP contribution >= 0.6 is 0 Å². The lowest BCUT2D eigenvalue weighted by molar-refractivity contribution is 0.0873. The molecular weight excluding hydrogens is 496 g/mol. The van der Waals surface area contributed by atoms with E-state index in [9.17, 15) is 9.59 Å². The Kier molecular flexibility index (Phi) is 5.51. The largest absolute Gasteiger partial charge is 0.355 e.